The van der Waals surface area contributed by atoms with Crippen molar-refractivity contribution < 1.29 is 14.5 Å². The molecule has 0 heterocycles. The average molecular weight is 262 g/mol. The SMILES string of the molecule is C#CC(CC)NC(=O)c1ccc([N+](=O)[O-])c(OC)c1. The van der Waals surface area contributed by atoms with Gasteiger partial charge in [-0.2, -0.15) is 0 Å². The number of carbonyl (C=O) groups is 1. The summed E-state index contributed by atoms with van der Waals surface area (Å²) in [6.45, 7) is 1.85. The Kier molecular flexibility index (Phi) is 4.89. The van der Waals surface area contributed by atoms with Crippen LogP contribution in [0.25, 0.3) is 0 Å². The predicted molar refractivity (Wildman–Crippen MR) is 70.0 cm³/mol. The number of nitrogens with one attached hydrogen (secondary N) is 1. The predicted octanol–water partition coefficient (Wildman–Crippen LogP) is 1.74. The number of carbonyl (C=O) groups excluding carboxylic acids is 1. The summed E-state index contributed by atoms with van der Waals surface area (Å²) < 4.78 is 4.89. The lowest BCUT2D eigenvalue weighted by Crippen LogP contribution is -2.33. The normalized spacial score (nSPS) is 11.2. The first-order valence-corrected chi connectivity index (χ1v) is 5.62. The summed E-state index contributed by atoms with van der Waals surface area (Å²) in [7, 11) is 1.31. The van der Waals surface area contributed by atoms with Crippen LogP contribution in [0.1, 0.15) is 23.7 Å². The van der Waals surface area contributed by atoms with E-state index >= 15 is 0 Å². The van der Waals surface area contributed by atoms with E-state index in [4.69, 9.17) is 11.2 Å². The van der Waals surface area contributed by atoms with Crippen LogP contribution in [0.15, 0.2) is 18.2 Å². The van der Waals surface area contributed by atoms with E-state index in [0.717, 1.165) is 0 Å². The molecule has 0 fully saturated rings. The van der Waals surface area contributed by atoms with Crippen LogP contribution in [-0.2, 0) is 0 Å². The zero-order valence-corrected chi connectivity index (χ0v) is 10.7. The van der Waals surface area contributed by atoms with Gasteiger partial charge in [-0.1, -0.05) is 12.8 Å². The van der Waals surface area contributed by atoms with Gasteiger partial charge in [-0.25, -0.2) is 0 Å². The maximum absolute atomic E-state index is 11.9. The molecule has 6 heteroatoms. The van der Waals surface area contributed by atoms with Gasteiger partial charge in [-0.3, -0.25) is 14.9 Å². The minimum atomic E-state index is -0.573. The molecule has 1 atom stereocenters. The van der Waals surface area contributed by atoms with E-state index in [-0.39, 0.29) is 23.0 Å². The number of nitro benzene ring substituents is 1. The van der Waals surface area contributed by atoms with E-state index in [9.17, 15) is 14.9 Å². The minimum Gasteiger partial charge on any atom is -0.490 e. The molecule has 19 heavy (non-hydrogen) atoms. The van der Waals surface area contributed by atoms with Gasteiger partial charge in [-0.05, 0) is 12.5 Å². The highest BCUT2D eigenvalue weighted by atomic mass is 16.6. The zero-order chi connectivity index (χ0) is 14.4. The van der Waals surface area contributed by atoms with Crippen molar-refractivity contribution in [3.05, 3.63) is 33.9 Å². The Labute approximate surface area is 110 Å². The third kappa shape index (κ3) is 3.45. The van der Waals surface area contributed by atoms with Gasteiger partial charge in [0.2, 0.25) is 0 Å². The maximum atomic E-state index is 11.9. The first-order chi connectivity index (χ1) is 9.03. The smallest absolute Gasteiger partial charge is 0.310 e. The number of nitrogens with zero attached hydrogens (tertiary/aromatic N) is 1. The number of amides is 1. The second-order valence-electron chi connectivity index (χ2n) is 3.74. The molecule has 1 aromatic rings. The van der Waals surface area contributed by atoms with Crippen LogP contribution in [0, 0.1) is 22.5 Å². The summed E-state index contributed by atoms with van der Waals surface area (Å²) in [5, 5.41) is 13.4. The number of rotatable bonds is 5. The molecule has 0 aliphatic carbocycles. The molecular weight excluding hydrogens is 248 g/mol. The van der Waals surface area contributed by atoms with Crippen molar-refractivity contribution in [2.45, 2.75) is 19.4 Å². The quantitative estimate of drug-likeness (QED) is 0.498. The molecule has 0 aromatic heterocycles. The molecule has 0 aliphatic heterocycles. The van der Waals surface area contributed by atoms with Crippen molar-refractivity contribution in [2.75, 3.05) is 7.11 Å². The van der Waals surface area contributed by atoms with Gasteiger partial charge in [0.15, 0.2) is 5.75 Å². The number of hydrogen-bond donors (Lipinski definition) is 1. The second-order valence-corrected chi connectivity index (χ2v) is 3.74. The zero-order valence-electron chi connectivity index (χ0n) is 10.7. The number of hydrogen-bond acceptors (Lipinski definition) is 4. The Morgan fingerprint density at radius 3 is 2.79 bits per heavy atom. The summed E-state index contributed by atoms with van der Waals surface area (Å²) in [5.41, 5.74) is 0.0687. The summed E-state index contributed by atoms with van der Waals surface area (Å²) in [6, 6.07) is 3.54. The van der Waals surface area contributed by atoms with Crippen LogP contribution < -0.4 is 10.1 Å². The molecular formula is C13H14N2O4. The molecule has 0 bridgehead atoms. The molecule has 1 aromatic carbocycles. The van der Waals surface area contributed by atoms with Gasteiger partial charge in [0.05, 0.1) is 18.1 Å². The van der Waals surface area contributed by atoms with Crippen molar-refractivity contribution >= 4 is 11.6 Å². The first kappa shape index (κ1) is 14.5. The summed E-state index contributed by atoms with van der Waals surface area (Å²) in [4.78, 5) is 22.0. The van der Waals surface area contributed by atoms with E-state index in [1.807, 2.05) is 6.92 Å². The highest BCUT2D eigenvalue weighted by Gasteiger charge is 2.18. The van der Waals surface area contributed by atoms with Gasteiger partial charge in [0.1, 0.15) is 0 Å². The number of ether oxygens (including phenoxy) is 1. The van der Waals surface area contributed by atoms with Crippen LogP contribution in [0.5, 0.6) is 5.75 Å². The fraction of sp³-hybridized carbons (Fsp3) is 0.308. The molecule has 0 saturated carbocycles. The third-order valence-corrected chi connectivity index (χ3v) is 2.55. The third-order valence-electron chi connectivity index (χ3n) is 2.55. The highest BCUT2D eigenvalue weighted by Crippen LogP contribution is 2.27. The number of terminal acetylenes is 1. The summed E-state index contributed by atoms with van der Waals surface area (Å²) in [6.07, 6.45) is 5.85. The van der Waals surface area contributed by atoms with Crippen molar-refractivity contribution in [2.24, 2.45) is 0 Å². The Balaban J connectivity index is 3.00. The standard InChI is InChI=1S/C13H14N2O4/c1-4-10(5-2)14-13(16)9-6-7-11(15(17)18)12(8-9)19-3/h1,6-8,10H,5H2,2-3H3,(H,14,16). The second kappa shape index (κ2) is 6.40. The number of methoxy groups -OCH3 is 1. The largest absolute Gasteiger partial charge is 0.490 e. The number of nitro groups is 1. The van der Waals surface area contributed by atoms with Gasteiger partial charge < -0.3 is 10.1 Å². The van der Waals surface area contributed by atoms with Crippen molar-refractivity contribution in [1.29, 1.82) is 0 Å². The molecule has 0 aliphatic rings. The molecule has 1 amide bonds. The van der Waals surface area contributed by atoms with Crippen LogP contribution >= 0.6 is 0 Å². The molecule has 1 rings (SSSR count). The molecule has 100 valence electrons. The monoisotopic (exact) mass is 262 g/mol. The Hall–Kier alpha value is -2.55. The lowest BCUT2D eigenvalue weighted by atomic mass is 10.1. The van der Waals surface area contributed by atoms with Crippen molar-refractivity contribution in [3.8, 4) is 18.1 Å². The van der Waals surface area contributed by atoms with Crippen LogP contribution in [0.2, 0.25) is 0 Å². The van der Waals surface area contributed by atoms with E-state index in [0.29, 0.717) is 6.42 Å². The number of benzene rings is 1. The molecule has 1 unspecified atom stereocenters. The average Bonchev–Trinajstić information content (AvgIpc) is 2.43. The molecule has 1 N–H and O–H groups in total. The van der Waals surface area contributed by atoms with Gasteiger partial charge in [0.25, 0.3) is 5.91 Å². The Bertz CT molecular complexity index is 534. The lowest BCUT2D eigenvalue weighted by Gasteiger charge is -2.11. The first-order valence-electron chi connectivity index (χ1n) is 5.62. The molecule has 6 nitrogen and oxygen atoms in total. The molecule has 0 spiro atoms. The molecule has 0 radical (unpaired) electrons. The van der Waals surface area contributed by atoms with Crippen molar-refractivity contribution in [1.82, 2.24) is 5.32 Å². The van der Waals surface area contributed by atoms with Gasteiger partial charge >= 0.3 is 5.69 Å². The van der Waals surface area contributed by atoms with E-state index in [1.165, 1.54) is 25.3 Å². The Morgan fingerprint density at radius 1 is 1.63 bits per heavy atom. The van der Waals surface area contributed by atoms with Crippen molar-refractivity contribution in [3.63, 3.8) is 0 Å². The maximum Gasteiger partial charge on any atom is 0.310 e. The van der Waals surface area contributed by atoms with Gasteiger partial charge in [0, 0.05) is 17.7 Å². The Morgan fingerprint density at radius 2 is 2.32 bits per heavy atom. The van der Waals surface area contributed by atoms with E-state index < -0.39 is 10.8 Å². The van der Waals surface area contributed by atoms with E-state index in [1.54, 1.807) is 0 Å². The van der Waals surface area contributed by atoms with Crippen LogP contribution in [-0.4, -0.2) is 24.0 Å². The van der Waals surface area contributed by atoms with Crippen LogP contribution in [0.3, 0.4) is 0 Å². The summed E-state index contributed by atoms with van der Waals surface area (Å²) >= 11 is 0. The molecule has 0 saturated heterocycles. The van der Waals surface area contributed by atoms with E-state index in [2.05, 4.69) is 11.2 Å². The van der Waals surface area contributed by atoms with Gasteiger partial charge in [-0.15, -0.1) is 6.42 Å². The minimum absolute atomic E-state index is 0.0337. The topological polar surface area (TPSA) is 81.5 Å². The van der Waals surface area contributed by atoms with Crippen LogP contribution in [0.4, 0.5) is 5.69 Å². The fourth-order valence-corrected chi connectivity index (χ4v) is 1.47. The fourth-order valence-electron chi connectivity index (χ4n) is 1.47. The lowest BCUT2D eigenvalue weighted by molar-refractivity contribution is -0.385. The summed E-state index contributed by atoms with van der Waals surface area (Å²) in [5.74, 6) is 2.08. The highest BCUT2D eigenvalue weighted by molar-refractivity contribution is 5.95.